The minimum atomic E-state index is -0.833. The lowest BCUT2D eigenvalue weighted by Crippen LogP contribution is -2.31. The summed E-state index contributed by atoms with van der Waals surface area (Å²) in [6.45, 7) is 5.72. The van der Waals surface area contributed by atoms with Gasteiger partial charge in [0.05, 0.1) is 6.10 Å². The maximum absolute atomic E-state index is 12.9. The lowest BCUT2D eigenvalue weighted by Gasteiger charge is -2.29. The predicted molar refractivity (Wildman–Crippen MR) is 141 cm³/mol. The van der Waals surface area contributed by atoms with E-state index in [-0.39, 0.29) is 29.1 Å². The van der Waals surface area contributed by atoms with E-state index in [0.717, 1.165) is 30.0 Å². The van der Waals surface area contributed by atoms with Crippen molar-refractivity contribution < 1.29 is 29.0 Å². The number of hydrogen-bond acceptors (Lipinski definition) is 8. The molecule has 0 aliphatic carbocycles. The van der Waals surface area contributed by atoms with E-state index >= 15 is 0 Å². The Morgan fingerprint density at radius 1 is 1.24 bits per heavy atom. The summed E-state index contributed by atoms with van der Waals surface area (Å²) in [5.74, 6) is -0.692. The molecule has 3 aromatic rings. The number of carbonyl (C=O) groups is 2. The van der Waals surface area contributed by atoms with Crippen LogP contribution in [0.5, 0.6) is 5.75 Å². The summed E-state index contributed by atoms with van der Waals surface area (Å²) >= 11 is 6.19. The van der Waals surface area contributed by atoms with Crippen LogP contribution in [0.2, 0.25) is 5.02 Å². The van der Waals surface area contributed by atoms with Crippen molar-refractivity contribution in [2.24, 2.45) is 4.99 Å². The van der Waals surface area contributed by atoms with Crippen molar-refractivity contribution >= 4 is 53.1 Å². The van der Waals surface area contributed by atoms with Gasteiger partial charge in [0.2, 0.25) is 5.88 Å². The molecule has 0 fully saturated rings. The number of carboxylic acid groups (broad SMARTS) is 1. The third kappa shape index (κ3) is 5.83. The number of ether oxygens (including phenoxy) is 1. The molecule has 1 aromatic carbocycles. The highest BCUT2D eigenvalue weighted by Gasteiger charge is 2.32. The Balaban J connectivity index is 0.000000747. The zero-order valence-corrected chi connectivity index (χ0v) is 21.3. The van der Waals surface area contributed by atoms with Crippen molar-refractivity contribution in [2.75, 3.05) is 11.4 Å². The third-order valence-electron chi connectivity index (χ3n) is 5.62. The van der Waals surface area contributed by atoms with Gasteiger partial charge in [-0.2, -0.15) is 0 Å². The number of fused-ring (bicyclic) bond motifs is 2. The van der Waals surface area contributed by atoms with E-state index in [2.05, 4.69) is 9.98 Å². The zero-order chi connectivity index (χ0) is 26.7. The molecule has 0 saturated carbocycles. The van der Waals surface area contributed by atoms with Crippen LogP contribution in [0.15, 0.2) is 45.9 Å². The number of carboxylic acids is 1. The molecule has 0 radical (unpaired) electrons. The molecule has 2 N–H and O–H groups in total. The maximum Gasteiger partial charge on any atom is 0.347 e. The van der Waals surface area contributed by atoms with E-state index in [1.807, 2.05) is 35.2 Å². The minimum Gasteiger partial charge on any atom is -0.504 e. The van der Waals surface area contributed by atoms with Gasteiger partial charge in [-0.05, 0) is 61.7 Å². The van der Waals surface area contributed by atoms with Gasteiger partial charge < -0.3 is 24.3 Å². The van der Waals surface area contributed by atoms with Crippen molar-refractivity contribution in [3.63, 3.8) is 0 Å². The fourth-order valence-electron chi connectivity index (χ4n) is 4.09. The van der Waals surface area contributed by atoms with E-state index in [0.29, 0.717) is 23.9 Å². The molecule has 0 atom stereocenters. The molecule has 0 unspecified atom stereocenters. The van der Waals surface area contributed by atoms with Crippen LogP contribution in [0.3, 0.4) is 0 Å². The van der Waals surface area contributed by atoms with Gasteiger partial charge in [0.1, 0.15) is 0 Å². The lowest BCUT2D eigenvalue weighted by molar-refractivity contribution is -0.134. The van der Waals surface area contributed by atoms with Gasteiger partial charge >= 0.3 is 5.97 Å². The zero-order valence-electron chi connectivity index (χ0n) is 20.6. The molecular formula is C27H26ClN3O6. The number of hydrogen-bond donors (Lipinski definition) is 2. The molecule has 10 heteroatoms. The molecule has 0 amide bonds. The highest BCUT2D eigenvalue weighted by atomic mass is 35.5. The van der Waals surface area contributed by atoms with Crippen LogP contribution >= 0.6 is 11.6 Å². The molecule has 192 valence electrons. The predicted octanol–water partition coefficient (Wildman–Crippen LogP) is 5.51. The number of allylic oxidation sites excluding steroid dienone is 1. The van der Waals surface area contributed by atoms with Crippen LogP contribution in [0, 0.1) is 0 Å². The molecule has 37 heavy (non-hydrogen) atoms. The van der Waals surface area contributed by atoms with Gasteiger partial charge in [-0.3, -0.25) is 4.79 Å². The monoisotopic (exact) mass is 523 g/mol. The first-order chi connectivity index (χ1) is 17.6. The number of aromatic hydroxyl groups is 1. The number of furan rings is 1. The van der Waals surface area contributed by atoms with Crippen LogP contribution in [-0.4, -0.2) is 46.0 Å². The molecule has 5 rings (SSSR count). The summed E-state index contributed by atoms with van der Waals surface area (Å²) in [5, 5.41) is 19.1. The summed E-state index contributed by atoms with van der Waals surface area (Å²) in [7, 11) is 0. The first-order valence-corrected chi connectivity index (χ1v) is 12.0. The highest BCUT2D eigenvalue weighted by molar-refractivity contribution is 6.30. The summed E-state index contributed by atoms with van der Waals surface area (Å²) in [6, 6.07) is 9.52. The normalized spacial score (nSPS) is 14.7. The molecule has 2 aliphatic heterocycles. The molecule has 4 heterocycles. The molecular weight excluding hydrogens is 498 g/mol. The highest BCUT2D eigenvalue weighted by Crippen LogP contribution is 2.41. The second kappa shape index (κ2) is 10.9. The first-order valence-electron chi connectivity index (χ1n) is 11.6. The topological polar surface area (TPSA) is 125 Å². The fraction of sp³-hybridized carbons (Fsp3) is 0.259. The molecule has 0 saturated heterocycles. The summed E-state index contributed by atoms with van der Waals surface area (Å²) in [5.41, 5.74) is 3.82. The quantitative estimate of drug-likeness (QED) is 0.429. The van der Waals surface area contributed by atoms with Gasteiger partial charge in [0.15, 0.2) is 22.9 Å². The van der Waals surface area contributed by atoms with Crippen LogP contribution < -0.4 is 4.90 Å². The summed E-state index contributed by atoms with van der Waals surface area (Å²) < 4.78 is 11.5. The van der Waals surface area contributed by atoms with Crippen molar-refractivity contribution in [1.29, 1.82) is 0 Å². The SMILES string of the molecule is CC(=O)O.CC(C)OC(=O)c1c(N2CCc3ccc(Cl)cc3C2)oc(C=C2C=Nc3ncccc32)c1O. The van der Waals surface area contributed by atoms with E-state index < -0.39 is 11.9 Å². The van der Waals surface area contributed by atoms with Crippen LogP contribution in [-0.2, 0) is 22.5 Å². The molecule has 2 aromatic heterocycles. The lowest BCUT2D eigenvalue weighted by atomic mass is 10.00. The number of aliphatic carboxylic acids is 1. The Kier molecular flexibility index (Phi) is 7.63. The number of aromatic nitrogens is 1. The van der Waals surface area contributed by atoms with E-state index in [1.54, 1.807) is 32.3 Å². The van der Waals surface area contributed by atoms with Gasteiger partial charge in [-0.15, -0.1) is 0 Å². The van der Waals surface area contributed by atoms with Crippen molar-refractivity contribution in [1.82, 2.24) is 4.98 Å². The third-order valence-corrected chi connectivity index (χ3v) is 5.85. The molecule has 9 nitrogen and oxygen atoms in total. The number of halogens is 1. The second-order valence-corrected chi connectivity index (χ2v) is 9.22. The smallest absolute Gasteiger partial charge is 0.347 e. The number of pyridine rings is 1. The average Bonchev–Trinajstić information content (AvgIpc) is 3.39. The van der Waals surface area contributed by atoms with Crippen LogP contribution in [0.4, 0.5) is 11.7 Å². The van der Waals surface area contributed by atoms with Gasteiger partial charge in [0.25, 0.3) is 5.97 Å². The first kappa shape index (κ1) is 26.0. The Labute approximate surface area is 218 Å². The number of esters is 1. The van der Waals surface area contributed by atoms with Crippen molar-refractivity contribution in [3.05, 3.63) is 69.6 Å². The largest absolute Gasteiger partial charge is 0.504 e. The number of anilines is 1. The number of rotatable bonds is 4. The Bertz CT molecular complexity index is 1410. The number of nitrogens with zero attached hydrogens (tertiary/aromatic N) is 3. The van der Waals surface area contributed by atoms with Crippen LogP contribution in [0.25, 0.3) is 11.6 Å². The number of aliphatic imine (C=N–C) groups is 1. The fourth-order valence-corrected chi connectivity index (χ4v) is 4.28. The second-order valence-electron chi connectivity index (χ2n) is 8.79. The van der Waals surface area contributed by atoms with E-state index in [9.17, 15) is 9.90 Å². The van der Waals surface area contributed by atoms with Gasteiger partial charge in [-0.25, -0.2) is 14.8 Å². The number of benzene rings is 1. The minimum absolute atomic E-state index is 0.0161. The average molecular weight is 524 g/mol. The maximum atomic E-state index is 12.9. The molecule has 0 bridgehead atoms. The molecule has 0 spiro atoms. The number of carbonyl (C=O) groups excluding carboxylic acids is 1. The van der Waals surface area contributed by atoms with Gasteiger partial charge in [-0.1, -0.05) is 17.7 Å². The van der Waals surface area contributed by atoms with Crippen molar-refractivity contribution in [2.45, 2.75) is 39.8 Å². The Morgan fingerprint density at radius 3 is 2.73 bits per heavy atom. The van der Waals surface area contributed by atoms with Crippen LogP contribution in [0.1, 0.15) is 53.6 Å². The van der Waals surface area contributed by atoms with Gasteiger partial charge in [0, 0.05) is 48.6 Å². The Hall–Kier alpha value is -4.11. The van der Waals surface area contributed by atoms with E-state index in [1.165, 1.54) is 5.56 Å². The molecule has 2 aliphatic rings. The summed E-state index contributed by atoms with van der Waals surface area (Å²) in [6.07, 6.45) is 5.40. The summed E-state index contributed by atoms with van der Waals surface area (Å²) in [4.78, 5) is 32.4. The van der Waals surface area contributed by atoms with Crippen molar-refractivity contribution in [3.8, 4) is 5.75 Å². The standard InChI is InChI=1S/C25H22ClN3O4.C2H4O2/c1-14(2)32-25(31)21-22(30)20(11-16-12-28-23-19(16)4-3-8-27-23)33-24(21)29-9-7-15-5-6-18(26)10-17(15)13-29;1-2(3)4/h3-6,8,10-12,14,30H,7,9,13H2,1-2H3;1H3,(H,3,4). The van der Waals surface area contributed by atoms with E-state index in [4.69, 9.17) is 30.7 Å². The Morgan fingerprint density at radius 2 is 2.00 bits per heavy atom.